The summed E-state index contributed by atoms with van der Waals surface area (Å²) >= 11 is 0. The Kier molecular flexibility index (Phi) is 3.06. The van der Waals surface area contributed by atoms with E-state index in [4.69, 9.17) is 10.3 Å². The molecule has 2 heterocycles. The zero-order chi connectivity index (χ0) is 13.3. The standard InChI is InChI=1S/C14H18N4O/c1-2-10-6-5-9-16-11(10)12-17-13(19-18-12)14(15)7-3-4-8-14/h5-6,9H,2-4,7-8,15H2,1H3. The van der Waals surface area contributed by atoms with Gasteiger partial charge < -0.3 is 10.3 Å². The molecule has 0 atom stereocenters. The van der Waals surface area contributed by atoms with Crippen LogP contribution in [0.15, 0.2) is 22.9 Å². The van der Waals surface area contributed by atoms with Gasteiger partial charge in [0.15, 0.2) is 0 Å². The smallest absolute Gasteiger partial charge is 0.247 e. The zero-order valence-corrected chi connectivity index (χ0v) is 11.1. The topological polar surface area (TPSA) is 77.8 Å². The highest BCUT2D eigenvalue weighted by molar-refractivity contribution is 5.53. The lowest BCUT2D eigenvalue weighted by Gasteiger charge is -2.17. The number of hydrogen-bond donors (Lipinski definition) is 1. The van der Waals surface area contributed by atoms with E-state index in [-0.39, 0.29) is 0 Å². The molecule has 0 bridgehead atoms. The van der Waals surface area contributed by atoms with Gasteiger partial charge in [0, 0.05) is 6.20 Å². The Morgan fingerprint density at radius 3 is 2.89 bits per heavy atom. The summed E-state index contributed by atoms with van der Waals surface area (Å²) in [6, 6.07) is 3.96. The van der Waals surface area contributed by atoms with Crippen molar-refractivity contribution in [3.8, 4) is 11.5 Å². The molecule has 0 spiro atoms. The molecular weight excluding hydrogens is 240 g/mol. The van der Waals surface area contributed by atoms with Crippen LogP contribution in [0, 0.1) is 0 Å². The van der Waals surface area contributed by atoms with Crippen molar-refractivity contribution in [2.75, 3.05) is 0 Å². The Balaban J connectivity index is 1.97. The van der Waals surface area contributed by atoms with Crippen molar-refractivity contribution >= 4 is 0 Å². The van der Waals surface area contributed by atoms with Gasteiger partial charge in [-0.05, 0) is 30.9 Å². The van der Waals surface area contributed by atoms with E-state index in [1.807, 2.05) is 12.1 Å². The number of hydrogen-bond acceptors (Lipinski definition) is 5. The van der Waals surface area contributed by atoms with Gasteiger partial charge in [-0.2, -0.15) is 4.98 Å². The fraction of sp³-hybridized carbons (Fsp3) is 0.500. The SMILES string of the molecule is CCc1cccnc1-c1noc(C2(N)CCCC2)n1. The van der Waals surface area contributed by atoms with Crippen molar-refractivity contribution in [1.29, 1.82) is 0 Å². The number of aromatic nitrogens is 3. The zero-order valence-electron chi connectivity index (χ0n) is 11.1. The number of rotatable bonds is 3. The maximum Gasteiger partial charge on any atom is 0.247 e. The fourth-order valence-electron chi connectivity index (χ4n) is 2.67. The summed E-state index contributed by atoms with van der Waals surface area (Å²) in [5.74, 6) is 1.09. The summed E-state index contributed by atoms with van der Waals surface area (Å²) in [4.78, 5) is 8.83. The van der Waals surface area contributed by atoms with E-state index in [1.54, 1.807) is 6.20 Å². The van der Waals surface area contributed by atoms with Gasteiger partial charge in [-0.15, -0.1) is 0 Å². The molecule has 2 aromatic heterocycles. The third-order valence-electron chi connectivity index (χ3n) is 3.83. The quantitative estimate of drug-likeness (QED) is 0.914. The van der Waals surface area contributed by atoms with Crippen LogP contribution in [0.3, 0.4) is 0 Å². The van der Waals surface area contributed by atoms with Gasteiger partial charge in [-0.25, -0.2) is 0 Å². The van der Waals surface area contributed by atoms with E-state index >= 15 is 0 Å². The van der Waals surface area contributed by atoms with Crippen LogP contribution in [0.5, 0.6) is 0 Å². The van der Waals surface area contributed by atoms with Gasteiger partial charge in [0.25, 0.3) is 0 Å². The number of nitrogens with two attached hydrogens (primary N) is 1. The lowest BCUT2D eigenvalue weighted by atomic mass is 9.99. The lowest BCUT2D eigenvalue weighted by molar-refractivity contribution is 0.285. The van der Waals surface area contributed by atoms with Gasteiger partial charge >= 0.3 is 0 Å². The highest BCUT2D eigenvalue weighted by Gasteiger charge is 2.37. The molecule has 1 aliphatic rings. The van der Waals surface area contributed by atoms with Crippen molar-refractivity contribution in [3.05, 3.63) is 29.8 Å². The molecule has 2 aromatic rings. The summed E-state index contributed by atoms with van der Waals surface area (Å²) in [6.45, 7) is 2.09. The van der Waals surface area contributed by atoms with Crippen molar-refractivity contribution in [2.45, 2.75) is 44.6 Å². The first kappa shape index (κ1) is 12.3. The van der Waals surface area contributed by atoms with Gasteiger partial charge in [0.1, 0.15) is 5.69 Å². The Bertz CT molecular complexity index is 572. The van der Waals surface area contributed by atoms with Gasteiger partial charge in [0.05, 0.1) is 5.54 Å². The first-order chi connectivity index (χ1) is 9.23. The van der Waals surface area contributed by atoms with Crippen LogP contribution in [0.4, 0.5) is 0 Å². The largest absolute Gasteiger partial charge is 0.337 e. The average Bonchev–Trinajstić information content (AvgIpc) is 3.08. The molecule has 0 unspecified atom stereocenters. The molecule has 100 valence electrons. The van der Waals surface area contributed by atoms with Gasteiger partial charge in [-0.3, -0.25) is 4.98 Å². The Morgan fingerprint density at radius 2 is 2.16 bits per heavy atom. The predicted octanol–water partition coefficient (Wildman–Crippen LogP) is 2.42. The molecule has 1 fully saturated rings. The van der Waals surface area contributed by atoms with E-state index in [0.29, 0.717) is 11.7 Å². The van der Waals surface area contributed by atoms with Crippen LogP contribution < -0.4 is 5.73 Å². The molecule has 0 aromatic carbocycles. The second-order valence-corrected chi connectivity index (χ2v) is 5.15. The van der Waals surface area contributed by atoms with Gasteiger partial charge in [0.2, 0.25) is 11.7 Å². The first-order valence-corrected chi connectivity index (χ1v) is 6.80. The molecule has 0 radical (unpaired) electrons. The predicted molar refractivity (Wildman–Crippen MR) is 71.2 cm³/mol. The van der Waals surface area contributed by atoms with Crippen LogP contribution in [-0.2, 0) is 12.0 Å². The molecule has 1 saturated carbocycles. The summed E-state index contributed by atoms with van der Waals surface area (Å²) in [7, 11) is 0. The van der Waals surface area contributed by atoms with E-state index < -0.39 is 5.54 Å². The third-order valence-corrected chi connectivity index (χ3v) is 3.83. The molecule has 0 amide bonds. The van der Waals surface area contributed by atoms with Crippen LogP contribution >= 0.6 is 0 Å². The molecule has 1 aliphatic carbocycles. The molecule has 2 N–H and O–H groups in total. The highest BCUT2D eigenvalue weighted by Crippen LogP contribution is 2.36. The summed E-state index contributed by atoms with van der Waals surface area (Å²) in [6.07, 6.45) is 6.71. The molecule has 3 rings (SSSR count). The van der Waals surface area contributed by atoms with Gasteiger partial charge in [-0.1, -0.05) is 31.0 Å². The maximum atomic E-state index is 6.33. The second kappa shape index (κ2) is 4.74. The minimum absolute atomic E-state index is 0.438. The normalized spacial score (nSPS) is 17.8. The minimum Gasteiger partial charge on any atom is -0.337 e. The van der Waals surface area contributed by atoms with Crippen LogP contribution in [0.1, 0.15) is 44.1 Å². The van der Waals surface area contributed by atoms with Crippen molar-refractivity contribution < 1.29 is 4.52 Å². The van der Waals surface area contributed by atoms with E-state index in [1.165, 1.54) is 0 Å². The molecule has 0 aliphatic heterocycles. The Labute approximate surface area is 112 Å². The molecule has 5 nitrogen and oxygen atoms in total. The van der Waals surface area contributed by atoms with E-state index in [9.17, 15) is 0 Å². The van der Waals surface area contributed by atoms with Crippen molar-refractivity contribution in [3.63, 3.8) is 0 Å². The van der Waals surface area contributed by atoms with Crippen LogP contribution in [0.25, 0.3) is 11.5 Å². The Morgan fingerprint density at radius 1 is 1.37 bits per heavy atom. The average molecular weight is 258 g/mol. The summed E-state index contributed by atoms with van der Waals surface area (Å²) < 4.78 is 5.38. The Hall–Kier alpha value is -1.75. The summed E-state index contributed by atoms with van der Waals surface area (Å²) in [5.41, 5.74) is 7.80. The minimum atomic E-state index is -0.438. The highest BCUT2D eigenvalue weighted by atomic mass is 16.5. The third kappa shape index (κ3) is 2.14. The molecule has 19 heavy (non-hydrogen) atoms. The number of aryl methyl sites for hydroxylation is 1. The summed E-state index contributed by atoms with van der Waals surface area (Å²) in [5, 5.41) is 4.06. The second-order valence-electron chi connectivity index (χ2n) is 5.15. The molecular formula is C14H18N4O. The number of pyridine rings is 1. The van der Waals surface area contributed by atoms with Crippen molar-refractivity contribution in [2.24, 2.45) is 5.73 Å². The molecule has 0 saturated heterocycles. The van der Waals surface area contributed by atoms with Crippen molar-refractivity contribution in [1.82, 2.24) is 15.1 Å². The first-order valence-electron chi connectivity index (χ1n) is 6.80. The number of nitrogens with zero attached hydrogens (tertiary/aromatic N) is 3. The van der Waals surface area contributed by atoms with E-state index in [0.717, 1.165) is 43.4 Å². The van der Waals surface area contributed by atoms with Crippen LogP contribution in [0.2, 0.25) is 0 Å². The van der Waals surface area contributed by atoms with E-state index in [2.05, 4.69) is 22.0 Å². The molecule has 5 heteroatoms. The lowest BCUT2D eigenvalue weighted by Crippen LogP contribution is -2.33. The van der Waals surface area contributed by atoms with Crippen LogP contribution in [-0.4, -0.2) is 15.1 Å². The fourth-order valence-corrected chi connectivity index (χ4v) is 2.67. The maximum absolute atomic E-state index is 6.33. The monoisotopic (exact) mass is 258 g/mol.